The molecule has 3 fully saturated rings. The van der Waals surface area contributed by atoms with Crippen LogP contribution in [0.3, 0.4) is 0 Å². The number of nitrogens with zero attached hydrogens (tertiary/aromatic N) is 1. The molecule has 2 atom stereocenters. The Morgan fingerprint density at radius 1 is 1.00 bits per heavy atom. The first-order valence-corrected chi connectivity index (χ1v) is 5.75. The van der Waals surface area contributed by atoms with Crippen LogP contribution < -0.4 is 5.32 Å². The summed E-state index contributed by atoms with van der Waals surface area (Å²) >= 11 is 0. The van der Waals surface area contributed by atoms with E-state index < -0.39 is 0 Å². The van der Waals surface area contributed by atoms with Crippen molar-refractivity contribution in [3.8, 4) is 0 Å². The first-order chi connectivity index (χ1) is 6.36. The molecule has 1 saturated carbocycles. The topological polar surface area (TPSA) is 15.3 Å². The van der Waals surface area contributed by atoms with Gasteiger partial charge in [-0.2, -0.15) is 0 Å². The zero-order valence-electron chi connectivity index (χ0n) is 8.76. The van der Waals surface area contributed by atoms with Gasteiger partial charge in [-0.05, 0) is 64.3 Å². The summed E-state index contributed by atoms with van der Waals surface area (Å²) in [6.45, 7) is 5.26. The van der Waals surface area contributed by atoms with Crippen LogP contribution in [-0.2, 0) is 0 Å². The molecule has 2 heteroatoms. The molecule has 76 valence electrons. The van der Waals surface area contributed by atoms with Gasteiger partial charge in [0.05, 0.1) is 0 Å². The number of nitrogens with one attached hydrogen (secondary N) is 1. The maximum atomic E-state index is 3.32. The number of hydrogen-bond acceptors (Lipinski definition) is 2. The van der Waals surface area contributed by atoms with Crippen molar-refractivity contribution in [2.24, 2.45) is 11.8 Å². The van der Waals surface area contributed by atoms with Crippen LogP contribution in [0.4, 0.5) is 0 Å². The average molecular weight is 182 g/mol. The van der Waals surface area contributed by atoms with E-state index in [2.05, 4.69) is 17.3 Å². The highest BCUT2D eigenvalue weighted by Crippen LogP contribution is 2.40. The molecule has 2 unspecified atom stereocenters. The SMILES string of the molecule is C1NCC2CC12.CN1CCCCC1. The van der Waals surface area contributed by atoms with E-state index in [0.717, 1.165) is 11.8 Å². The molecule has 2 nitrogen and oxygen atoms in total. The van der Waals surface area contributed by atoms with Crippen LogP contribution in [0.1, 0.15) is 25.7 Å². The molecule has 3 rings (SSSR count). The predicted molar refractivity (Wildman–Crippen MR) is 55.8 cm³/mol. The maximum Gasteiger partial charge on any atom is -0.00172 e. The third kappa shape index (κ3) is 2.96. The molecule has 2 heterocycles. The molecular formula is C11H22N2. The Bertz CT molecular complexity index is 144. The van der Waals surface area contributed by atoms with Crippen LogP contribution in [0, 0.1) is 11.8 Å². The normalized spacial score (nSPS) is 37.6. The first kappa shape index (κ1) is 9.47. The van der Waals surface area contributed by atoms with E-state index in [1.807, 2.05) is 0 Å². The predicted octanol–water partition coefficient (Wildman–Crippen LogP) is 1.33. The van der Waals surface area contributed by atoms with E-state index in [0.29, 0.717) is 0 Å². The van der Waals surface area contributed by atoms with Crippen LogP contribution in [0.25, 0.3) is 0 Å². The van der Waals surface area contributed by atoms with Crippen molar-refractivity contribution in [1.29, 1.82) is 0 Å². The lowest BCUT2D eigenvalue weighted by Crippen LogP contribution is -2.24. The van der Waals surface area contributed by atoms with Crippen molar-refractivity contribution >= 4 is 0 Å². The van der Waals surface area contributed by atoms with Crippen LogP contribution in [0.2, 0.25) is 0 Å². The molecule has 0 aromatic rings. The Hall–Kier alpha value is -0.0800. The Morgan fingerprint density at radius 3 is 1.85 bits per heavy atom. The van der Waals surface area contributed by atoms with Gasteiger partial charge in [0.25, 0.3) is 0 Å². The second-order valence-electron chi connectivity index (χ2n) is 4.78. The van der Waals surface area contributed by atoms with E-state index in [-0.39, 0.29) is 0 Å². The molecule has 0 spiro atoms. The van der Waals surface area contributed by atoms with E-state index in [4.69, 9.17) is 0 Å². The maximum absolute atomic E-state index is 3.32. The van der Waals surface area contributed by atoms with Crippen LogP contribution in [0.15, 0.2) is 0 Å². The average Bonchev–Trinajstić information content (AvgIpc) is 2.76. The molecule has 2 saturated heterocycles. The molecule has 0 aromatic heterocycles. The van der Waals surface area contributed by atoms with Gasteiger partial charge in [0.15, 0.2) is 0 Å². The van der Waals surface area contributed by atoms with Crippen molar-refractivity contribution in [1.82, 2.24) is 10.2 Å². The fraction of sp³-hybridized carbons (Fsp3) is 1.00. The van der Waals surface area contributed by atoms with Crippen molar-refractivity contribution in [3.05, 3.63) is 0 Å². The summed E-state index contributed by atoms with van der Waals surface area (Å²) in [4.78, 5) is 2.39. The summed E-state index contributed by atoms with van der Waals surface area (Å²) in [6.07, 6.45) is 5.80. The fourth-order valence-electron chi connectivity index (χ4n) is 2.32. The van der Waals surface area contributed by atoms with Gasteiger partial charge in [-0.3, -0.25) is 0 Å². The highest BCUT2D eigenvalue weighted by Gasteiger charge is 2.40. The Morgan fingerprint density at radius 2 is 1.62 bits per heavy atom. The van der Waals surface area contributed by atoms with E-state index in [1.54, 1.807) is 0 Å². The zero-order valence-corrected chi connectivity index (χ0v) is 8.76. The lowest BCUT2D eigenvalue weighted by Gasteiger charge is -2.20. The van der Waals surface area contributed by atoms with E-state index in [1.165, 1.54) is 51.9 Å². The summed E-state index contributed by atoms with van der Waals surface area (Å²) in [5.74, 6) is 2.20. The molecule has 2 aliphatic heterocycles. The standard InChI is InChI=1S/C6H13N.C5H9N/c1-7-5-3-2-4-6-7;1-4-2-6-3-5(1)4/h2-6H2,1H3;4-6H,1-3H2. The molecule has 1 N–H and O–H groups in total. The third-order valence-corrected chi connectivity index (χ3v) is 3.46. The molecular weight excluding hydrogens is 160 g/mol. The second-order valence-corrected chi connectivity index (χ2v) is 4.78. The molecule has 0 aromatic carbocycles. The monoisotopic (exact) mass is 182 g/mol. The summed E-state index contributed by atoms with van der Waals surface area (Å²) in [5, 5.41) is 3.32. The van der Waals surface area contributed by atoms with Crippen molar-refractivity contribution in [3.63, 3.8) is 0 Å². The molecule has 13 heavy (non-hydrogen) atoms. The van der Waals surface area contributed by atoms with Gasteiger partial charge < -0.3 is 10.2 Å². The fourth-order valence-corrected chi connectivity index (χ4v) is 2.32. The van der Waals surface area contributed by atoms with Crippen LogP contribution in [-0.4, -0.2) is 38.1 Å². The third-order valence-electron chi connectivity index (χ3n) is 3.46. The number of rotatable bonds is 0. The summed E-state index contributed by atoms with van der Waals surface area (Å²) < 4.78 is 0. The van der Waals surface area contributed by atoms with Crippen molar-refractivity contribution < 1.29 is 0 Å². The lowest BCUT2D eigenvalue weighted by molar-refractivity contribution is 0.277. The van der Waals surface area contributed by atoms with Gasteiger partial charge >= 0.3 is 0 Å². The van der Waals surface area contributed by atoms with E-state index >= 15 is 0 Å². The molecule has 0 bridgehead atoms. The minimum absolute atomic E-state index is 1.10. The minimum atomic E-state index is 1.10. The molecule has 1 aliphatic carbocycles. The van der Waals surface area contributed by atoms with Crippen LogP contribution in [0.5, 0.6) is 0 Å². The van der Waals surface area contributed by atoms with Gasteiger partial charge in [-0.25, -0.2) is 0 Å². The minimum Gasteiger partial charge on any atom is -0.316 e. The number of piperidine rings is 2. The van der Waals surface area contributed by atoms with Crippen molar-refractivity contribution in [2.75, 3.05) is 33.2 Å². The zero-order chi connectivity index (χ0) is 9.10. The van der Waals surface area contributed by atoms with Crippen LogP contribution >= 0.6 is 0 Å². The Labute approximate surface area is 81.7 Å². The lowest BCUT2D eigenvalue weighted by atomic mass is 10.1. The quantitative estimate of drug-likeness (QED) is 0.608. The largest absolute Gasteiger partial charge is 0.316 e. The first-order valence-electron chi connectivity index (χ1n) is 5.75. The molecule has 0 radical (unpaired) electrons. The summed E-state index contributed by atoms with van der Waals surface area (Å²) in [6, 6.07) is 0. The Kier molecular flexibility index (Phi) is 3.23. The highest BCUT2D eigenvalue weighted by molar-refractivity contribution is 4.94. The second kappa shape index (κ2) is 4.43. The Balaban J connectivity index is 0.000000101. The summed E-state index contributed by atoms with van der Waals surface area (Å²) in [5.41, 5.74) is 0. The van der Waals surface area contributed by atoms with Gasteiger partial charge in [0.2, 0.25) is 0 Å². The van der Waals surface area contributed by atoms with E-state index in [9.17, 15) is 0 Å². The van der Waals surface area contributed by atoms with Gasteiger partial charge in [-0.1, -0.05) is 6.42 Å². The van der Waals surface area contributed by atoms with Gasteiger partial charge in [-0.15, -0.1) is 0 Å². The van der Waals surface area contributed by atoms with Gasteiger partial charge in [0, 0.05) is 0 Å². The number of fused-ring (bicyclic) bond motifs is 1. The number of likely N-dealkylation sites (tertiary alicyclic amines) is 1. The van der Waals surface area contributed by atoms with Gasteiger partial charge in [0.1, 0.15) is 0 Å². The smallest absolute Gasteiger partial charge is 0.00172 e. The van der Waals surface area contributed by atoms with Crippen molar-refractivity contribution in [2.45, 2.75) is 25.7 Å². The molecule has 0 amide bonds. The summed E-state index contributed by atoms with van der Waals surface area (Å²) in [7, 11) is 2.19. The number of hydrogen-bond donors (Lipinski definition) is 1. The highest BCUT2D eigenvalue weighted by atomic mass is 15.1. The molecule has 3 aliphatic rings.